The molecule has 0 radical (unpaired) electrons. The van der Waals surface area contributed by atoms with Crippen molar-refractivity contribution in [1.29, 1.82) is 0 Å². The van der Waals surface area contributed by atoms with Gasteiger partial charge in [0.05, 0.1) is 0 Å². The average Bonchev–Trinajstić information content (AvgIpc) is 2.91. The molecular formula is C15H27NO. The van der Waals surface area contributed by atoms with Crippen LogP contribution in [0.5, 0.6) is 0 Å². The van der Waals surface area contributed by atoms with E-state index in [2.05, 4.69) is 11.8 Å². The van der Waals surface area contributed by atoms with Crippen LogP contribution in [0.1, 0.15) is 64.7 Å². The Morgan fingerprint density at radius 2 is 1.76 bits per heavy atom. The van der Waals surface area contributed by atoms with Gasteiger partial charge in [0.25, 0.3) is 0 Å². The zero-order valence-electron chi connectivity index (χ0n) is 11.3. The molecule has 2 saturated carbocycles. The van der Waals surface area contributed by atoms with Crippen molar-refractivity contribution in [2.24, 2.45) is 5.41 Å². The van der Waals surface area contributed by atoms with E-state index in [1.165, 1.54) is 51.2 Å². The first-order valence-electron chi connectivity index (χ1n) is 7.50. The van der Waals surface area contributed by atoms with E-state index < -0.39 is 0 Å². The average molecular weight is 237 g/mol. The molecule has 0 aromatic heterocycles. The monoisotopic (exact) mass is 237 g/mol. The van der Waals surface area contributed by atoms with E-state index in [1.54, 1.807) is 0 Å². The van der Waals surface area contributed by atoms with Gasteiger partial charge in [0.15, 0.2) is 0 Å². The molecule has 0 atom stereocenters. The molecular weight excluding hydrogens is 210 g/mol. The first kappa shape index (κ1) is 13.1. The van der Waals surface area contributed by atoms with Gasteiger partial charge in [-0.3, -0.25) is 4.90 Å². The lowest BCUT2D eigenvalue weighted by Crippen LogP contribution is -2.44. The van der Waals surface area contributed by atoms with Crippen molar-refractivity contribution >= 4 is 6.29 Å². The maximum absolute atomic E-state index is 11.5. The lowest BCUT2D eigenvalue weighted by Gasteiger charge is -2.39. The molecule has 2 nitrogen and oxygen atoms in total. The van der Waals surface area contributed by atoms with Gasteiger partial charge in [0.1, 0.15) is 6.29 Å². The number of hydrogen-bond acceptors (Lipinski definition) is 2. The molecule has 2 fully saturated rings. The van der Waals surface area contributed by atoms with E-state index in [4.69, 9.17) is 0 Å². The molecule has 2 heteroatoms. The summed E-state index contributed by atoms with van der Waals surface area (Å²) in [4.78, 5) is 14.1. The van der Waals surface area contributed by atoms with Crippen LogP contribution < -0.4 is 0 Å². The van der Waals surface area contributed by atoms with Gasteiger partial charge in [0, 0.05) is 18.0 Å². The predicted molar refractivity (Wildman–Crippen MR) is 71.1 cm³/mol. The summed E-state index contributed by atoms with van der Waals surface area (Å²) in [5.74, 6) is 0. The fourth-order valence-electron chi connectivity index (χ4n) is 3.74. The van der Waals surface area contributed by atoms with Gasteiger partial charge in [-0.15, -0.1) is 0 Å². The Balaban J connectivity index is 1.97. The minimum atomic E-state index is -0.00312. The summed E-state index contributed by atoms with van der Waals surface area (Å²) < 4.78 is 0. The molecule has 98 valence electrons. The molecule has 0 bridgehead atoms. The van der Waals surface area contributed by atoms with Crippen molar-refractivity contribution in [2.75, 3.05) is 13.1 Å². The highest BCUT2D eigenvalue weighted by Gasteiger charge is 2.35. The predicted octanol–water partition coefficient (Wildman–Crippen LogP) is 3.40. The second-order valence-electron chi connectivity index (χ2n) is 6.04. The standard InChI is InChI=1S/C15H27NO/c1-2-16(14-8-4-5-9-14)12-15(13-17)10-6-3-7-11-15/h13-14H,2-12H2,1H3. The molecule has 2 aliphatic carbocycles. The van der Waals surface area contributed by atoms with Crippen LogP contribution >= 0.6 is 0 Å². The Bertz CT molecular complexity index is 239. The van der Waals surface area contributed by atoms with Crippen LogP contribution in [0.25, 0.3) is 0 Å². The number of carbonyl (C=O) groups is 1. The number of nitrogens with zero attached hydrogens (tertiary/aromatic N) is 1. The zero-order chi connectivity index (χ0) is 12.1. The summed E-state index contributed by atoms with van der Waals surface area (Å²) in [6.07, 6.45) is 12.8. The molecule has 0 amide bonds. The maximum atomic E-state index is 11.5. The molecule has 17 heavy (non-hydrogen) atoms. The second-order valence-corrected chi connectivity index (χ2v) is 6.04. The van der Waals surface area contributed by atoms with Crippen LogP contribution in [0, 0.1) is 5.41 Å². The lowest BCUT2D eigenvalue weighted by atomic mass is 9.74. The Morgan fingerprint density at radius 1 is 1.12 bits per heavy atom. The maximum Gasteiger partial charge on any atom is 0.127 e. The van der Waals surface area contributed by atoms with Crippen molar-refractivity contribution in [3.63, 3.8) is 0 Å². The van der Waals surface area contributed by atoms with Gasteiger partial charge in [-0.2, -0.15) is 0 Å². The first-order valence-corrected chi connectivity index (χ1v) is 7.50. The Labute approximate surface area is 106 Å². The minimum Gasteiger partial charge on any atom is -0.303 e. The van der Waals surface area contributed by atoms with Gasteiger partial charge in [0.2, 0.25) is 0 Å². The second kappa shape index (κ2) is 5.99. The molecule has 0 aromatic rings. The molecule has 0 unspecified atom stereocenters. The molecule has 0 aromatic carbocycles. The van der Waals surface area contributed by atoms with Crippen LogP contribution in [-0.2, 0) is 4.79 Å². The van der Waals surface area contributed by atoms with Crippen LogP contribution in [0.4, 0.5) is 0 Å². The van der Waals surface area contributed by atoms with E-state index in [-0.39, 0.29) is 5.41 Å². The third-order valence-corrected chi connectivity index (χ3v) is 4.86. The molecule has 0 aliphatic heterocycles. The molecule has 0 spiro atoms. The fourth-order valence-corrected chi connectivity index (χ4v) is 3.74. The van der Waals surface area contributed by atoms with E-state index in [0.717, 1.165) is 32.0 Å². The van der Waals surface area contributed by atoms with Gasteiger partial charge < -0.3 is 4.79 Å². The summed E-state index contributed by atoms with van der Waals surface area (Å²) in [5, 5.41) is 0. The highest BCUT2D eigenvalue weighted by molar-refractivity contribution is 5.60. The third-order valence-electron chi connectivity index (χ3n) is 4.86. The van der Waals surface area contributed by atoms with E-state index in [9.17, 15) is 4.79 Å². The molecule has 0 saturated heterocycles. The van der Waals surface area contributed by atoms with E-state index in [1.807, 2.05) is 0 Å². The fraction of sp³-hybridized carbons (Fsp3) is 0.933. The number of aldehydes is 1. The Hall–Kier alpha value is -0.370. The third kappa shape index (κ3) is 3.09. The highest BCUT2D eigenvalue weighted by atomic mass is 16.1. The van der Waals surface area contributed by atoms with Gasteiger partial charge in [-0.1, -0.05) is 39.0 Å². The smallest absolute Gasteiger partial charge is 0.127 e. The topological polar surface area (TPSA) is 20.3 Å². The summed E-state index contributed by atoms with van der Waals surface area (Å²) >= 11 is 0. The van der Waals surface area contributed by atoms with Gasteiger partial charge in [-0.25, -0.2) is 0 Å². The summed E-state index contributed by atoms with van der Waals surface area (Å²) in [7, 11) is 0. The number of carbonyl (C=O) groups excluding carboxylic acids is 1. The van der Waals surface area contributed by atoms with Gasteiger partial charge in [-0.05, 0) is 32.2 Å². The molecule has 0 N–H and O–H groups in total. The quantitative estimate of drug-likeness (QED) is 0.683. The van der Waals surface area contributed by atoms with Crippen LogP contribution in [-0.4, -0.2) is 30.3 Å². The largest absolute Gasteiger partial charge is 0.303 e. The normalized spacial score (nSPS) is 25.3. The van der Waals surface area contributed by atoms with Crippen LogP contribution in [0.3, 0.4) is 0 Å². The number of rotatable bonds is 5. The number of hydrogen-bond donors (Lipinski definition) is 0. The van der Waals surface area contributed by atoms with Crippen molar-refractivity contribution in [3.05, 3.63) is 0 Å². The van der Waals surface area contributed by atoms with Gasteiger partial charge >= 0.3 is 0 Å². The van der Waals surface area contributed by atoms with Crippen molar-refractivity contribution in [1.82, 2.24) is 4.90 Å². The van der Waals surface area contributed by atoms with Crippen molar-refractivity contribution < 1.29 is 4.79 Å². The lowest BCUT2D eigenvalue weighted by molar-refractivity contribution is -0.119. The van der Waals surface area contributed by atoms with Crippen LogP contribution in [0.15, 0.2) is 0 Å². The van der Waals surface area contributed by atoms with Crippen molar-refractivity contribution in [2.45, 2.75) is 70.8 Å². The molecule has 0 heterocycles. The SMILES string of the molecule is CCN(CC1(C=O)CCCCC1)C1CCCC1. The zero-order valence-corrected chi connectivity index (χ0v) is 11.3. The van der Waals surface area contributed by atoms with Crippen molar-refractivity contribution in [3.8, 4) is 0 Å². The molecule has 2 aliphatic rings. The highest BCUT2D eigenvalue weighted by Crippen LogP contribution is 2.36. The Kier molecular flexibility index (Phi) is 4.61. The summed E-state index contributed by atoms with van der Waals surface area (Å²) in [5.41, 5.74) is -0.00312. The minimum absolute atomic E-state index is 0.00312. The molecule has 2 rings (SSSR count). The Morgan fingerprint density at radius 3 is 2.29 bits per heavy atom. The summed E-state index contributed by atoms with van der Waals surface area (Å²) in [6.45, 7) is 4.39. The summed E-state index contributed by atoms with van der Waals surface area (Å²) in [6, 6.07) is 0.763. The van der Waals surface area contributed by atoms with Crippen LogP contribution in [0.2, 0.25) is 0 Å². The first-order chi connectivity index (χ1) is 8.29. The van der Waals surface area contributed by atoms with E-state index >= 15 is 0 Å². The van der Waals surface area contributed by atoms with E-state index in [0.29, 0.717) is 0 Å².